The normalized spacial score (nSPS) is 13.8. The predicted octanol–water partition coefficient (Wildman–Crippen LogP) is 0.490. The average Bonchev–Trinajstić information content (AvgIpc) is 2.50. The van der Waals surface area contributed by atoms with E-state index in [-0.39, 0.29) is 12.6 Å². The standard InChI is InChI=1S/C8H14N2O2/c1-6(2)10-4-3-9-8(10)7(12)5-11/h3-4,6-7,11-12H,5H2,1-2H3. The molecule has 0 spiro atoms. The molecule has 1 unspecified atom stereocenters. The minimum atomic E-state index is -0.873. The van der Waals surface area contributed by atoms with Crippen LogP contribution in [0.15, 0.2) is 12.4 Å². The minimum Gasteiger partial charge on any atom is -0.393 e. The highest BCUT2D eigenvalue weighted by Crippen LogP contribution is 2.14. The molecular weight excluding hydrogens is 156 g/mol. The van der Waals surface area contributed by atoms with Crippen LogP contribution in [-0.2, 0) is 0 Å². The second-order valence-corrected chi connectivity index (χ2v) is 2.98. The van der Waals surface area contributed by atoms with Gasteiger partial charge in [0.1, 0.15) is 11.9 Å². The summed E-state index contributed by atoms with van der Waals surface area (Å²) in [7, 11) is 0. The van der Waals surface area contributed by atoms with Crippen molar-refractivity contribution in [1.82, 2.24) is 9.55 Å². The van der Waals surface area contributed by atoms with Gasteiger partial charge in [-0.2, -0.15) is 0 Å². The minimum absolute atomic E-state index is 0.253. The first-order chi connectivity index (χ1) is 5.66. The Balaban J connectivity index is 2.91. The van der Waals surface area contributed by atoms with Gasteiger partial charge in [-0.15, -0.1) is 0 Å². The number of imidazole rings is 1. The molecule has 1 rings (SSSR count). The summed E-state index contributed by atoms with van der Waals surface area (Å²) in [6.07, 6.45) is 2.54. The topological polar surface area (TPSA) is 58.3 Å². The van der Waals surface area contributed by atoms with Crippen LogP contribution in [0.1, 0.15) is 31.8 Å². The van der Waals surface area contributed by atoms with Gasteiger partial charge in [-0.25, -0.2) is 4.98 Å². The highest BCUT2D eigenvalue weighted by atomic mass is 16.3. The monoisotopic (exact) mass is 170 g/mol. The van der Waals surface area contributed by atoms with Crippen LogP contribution in [-0.4, -0.2) is 26.4 Å². The van der Waals surface area contributed by atoms with E-state index in [2.05, 4.69) is 4.98 Å². The van der Waals surface area contributed by atoms with Crippen LogP contribution in [0.4, 0.5) is 0 Å². The fraction of sp³-hybridized carbons (Fsp3) is 0.625. The van der Waals surface area contributed by atoms with Gasteiger partial charge in [-0.1, -0.05) is 0 Å². The molecule has 68 valence electrons. The molecule has 2 N–H and O–H groups in total. The van der Waals surface area contributed by atoms with E-state index in [4.69, 9.17) is 5.11 Å². The van der Waals surface area contributed by atoms with Gasteiger partial charge in [0.2, 0.25) is 0 Å². The molecule has 0 aliphatic carbocycles. The fourth-order valence-corrected chi connectivity index (χ4v) is 1.10. The van der Waals surface area contributed by atoms with Crippen molar-refractivity contribution in [3.8, 4) is 0 Å². The molecule has 0 fully saturated rings. The third-order valence-electron chi connectivity index (χ3n) is 1.73. The first-order valence-corrected chi connectivity index (χ1v) is 3.98. The maximum absolute atomic E-state index is 9.31. The number of aromatic nitrogens is 2. The van der Waals surface area contributed by atoms with Gasteiger partial charge in [-0.05, 0) is 13.8 Å². The van der Waals surface area contributed by atoms with Crippen LogP contribution in [0, 0.1) is 0 Å². The molecule has 1 aromatic heterocycles. The number of hydrogen-bond donors (Lipinski definition) is 2. The smallest absolute Gasteiger partial charge is 0.140 e. The van der Waals surface area contributed by atoms with Crippen molar-refractivity contribution in [1.29, 1.82) is 0 Å². The second kappa shape index (κ2) is 3.69. The summed E-state index contributed by atoms with van der Waals surface area (Å²) in [4.78, 5) is 3.96. The summed E-state index contributed by atoms with van der Waals surface area (Å²) < 4.78 is 1.83. The lowest BCUT2D eigenvalue weighted by Gasteiger charge is -2.13. The van der Waals surface area contributed by atoms with Crippen molar-refractivity contribution in [2.24, 2.45) is 0 Å². The highest BCUT2D eigenvalue weighted by Gasteiger charge is 2.13. The Morgan fingerprint density at radius 3 is 2.75 bits per heavy atom. The molecule has 1 heterocycles. The van der Waals surface area contributed by atoms with Crippen LogP contribution in [0.3, 0.4) is 0 Å². The van der Waals surface area contributed by atoms with E-state index in [1.165, 1.54) is 0 Å². The summed E-state index contributed by atoms with van der Waals surface area (Å²) in [5.74, 6) is 0.521. The predicted molar refractivity (Wildman–Crippen MR) is 44.7 cm³/mol. The zero-order valence-corrected chi connectivity index (χ0v) is 7.31. The Bertz CT molecular complexity index is 245. The van der Waals surface area contributed by atoms with Crippen LogP contribution in [0.2, 0.25) is 0 Å². The van der Waals surface area contributed by atoms with E-state index in [1.807, 2.05) is 18.4 Å². The average molecular weight is 170 g/mol. The molecule has 0 aromatic carbocycles. The molecule has 0 saturated carbocycles. The molecule has 1 aromatic rings. The van der Waals surface area contributed by atoms with Crippen molar-refractivity contribution in [3.63, 3.8) is 0 Å². The molecule has 0 bridgehead atoms. The van der Waals surface area contributed by atoms with Crippen LogP contribution in [0.25, 0.3) is 0 Å². The summed E-state index contributed by atoms with van der Waals surface area (Å²) in [5.41, 5.74) is 0. The van der Waals surface area contributed by atoms with Gasteiger partial charge in [0.05, 0.1) is 6.61 Å². The lowest BCUT2D eigenvalue weighted by molar-refractivity contribution is 0.0847. The zero-order chi connectivity index (χ0) is 9.14. The second-order valence-electron chi connectivity index (χ2n) is 2.98. The van der Waals surface area contributed by atoms with Crippen molar-refractivity contribution >= 4 is 0 Å². The third-order valence-corrected chi connectivity index (χ3v) is 1.73. The number of aliphatic hydroxyl groups is 2. The molecule has 0 aliphatic heterocycles. The number of rotatable bonds is 3. The van der Waals surface area contributed by atoms with E-state index < -0.39 is 6.10 Å². The van der Waals surface area contributed by atoms with Gasteiger partial charge >= 0.3 is 0 Å². The lowest BCUT2D eigenvalue weighted by atomic mass is 10.3. The number of hydrogen-bond acceptors (Lipinski definition) is 3. The first-order valence-electron chi connectivity index (χ1n) is 3.98. The molecular formula is C8H14N2O2. The van der Waals surface area contributed by atoms with Crippen LogP contribution >= 0.6 is 0 Å². The molecule has 1 atom stereocenters. The number of aliphatic hydroxyl groups excluding tert-OH is 2. The van der Waals surface area contributed by atoms with E-state index >= 15 is 0 Å². The summed E-state index contributed by atoms with van der Waals surface area (Å²) in [6.45, 7) is 3.70. The molecule has 0 amide bonds. The molecule has 0 aliphatic rings. The summed E-state index contributed by atoms with van der Waals surface area (Å²) in [6, 6.07) is 0.253. The van der Waals surface area contributed by atoms with Crippen molar-refractivity contribution in [2.75, 3.05) is 6.61 Å². The molecule has 0 saturated heterocycles. The fourth-order valence-electron chi connectivity index (χ4n) is 1.10. The first kappa shape index (κ1) is 9.22. The van der Waals surface area contributed by atoms with E-state index in [0.29, 0.717) is 5.82 Å². The van der Waals surface area contributed by atoms with Gasteiger partial charge in [0.25, 0.3) is 0 Å². The van der Waals surface area contributed by atoms with Crippen LogP contribution < -0.4 is 0 Å². The van der Waals surface area contributed by atoms with Crippen LogP contribution in [0.5, 0.6) is 0 Å². The summed E-state index contributed by atoms with van der Waals surface area (Å²) >= 11 is 0. The molecule has 0 radical (unpaired) electrons. The molecule has 12 heavy (non-hydrogen) atoms. The Morgan fingerprint density at radius 2 is 2.25 bits per heavy atom. The Kier molecular flexibility index (Phi) is 2.83. The van der Waals surface area contributed by atoms with E-state index in [0.717, 1.165) is 0 Å². The number of nitrogens with zero attached hydrogens (tertiary/aromatic N) is 2. The van der Waals surface area contributed by atoms with Gasteiger partial charge in [0, 0.05) is 18.4 Å². The Hall–Kier alpha value is -0.870. The van der Waals surface area contributed by atoms with Crippen molar-refractivity contribution in [3.05, 3.63) is 18.2 Å². The third kappa shape index (κ3) is 1.65. The molecule has 4 heteroatoms. The van der Waals surface area contributed by atoms with E-state index in [1.54, 1.807) is 12.4 Å². The van der Waals surface area contributed by atoms with Crippen molar-refractivity contribution in [2.45, 2.75) is 26.0 Å². The quantitative estimate of drug-likeness (QED) is 0.694. The highest BCUT2D eigenvalue weighted by molar-refractivity contribution is 4.97. The SMILES string of the molecule is CC(C)n1ccnc1C(O)CO. The maximum Gasteiger partial charge on any atom is 0.140 e. The van der Waals surface area contributed by atoms with Gasteiger partial charge in [-0.3, -0.25) is 0 Å². The van der Waals surface area contributed by atoms with E-state index in [9.17, 15) is 5.11 Å². The zero-order valence-electron chi connectivity index (χ0n) is 7.31. The van der Waals surface area contributed by atoms with Gasteiger partial charge < -0.3 is 14.8 Å². The summed E-state index contributed by atoms with van der Waals surface area (Å²) in [5, 5.41) is 18.0. The maximum atomic E-state index is 9.31. The lowest BCUT2D eigenvalue weighted by Crippen LogP contribution is -2.12. The largest absolute Gasteiger partial charge is 0.393 e. The van der Waals surface area contributed by atoms with Gasteiger partial charge in [0.15, 0.2) is 0 Å². The van der Waals surface area contributed by atoms with Crippen molar-refractivity contribution < 1.29 is 10.2 Å². The Labute approximate surface area is 71.5 Å². The Morgan fingerprint density at radius 1 is 1.58 bits per heavy atom. The molecule has 4 nitrogen and oxygen atoms in total.